The van der Waals surface area contributed by atoms with E-state index in [1.807, 2.05) is 31.3 Å². The van der Waals surface area contributed by atoms with Crippen LogP contribution in [0.4, 0.5) is 0 Å². The molecule has 0 saturated heterocycles. The van der Waals surface area contributed by atoms with Gasteiger partial charge in [0.05, 0.1) is 0 Å². The van der Waals surface area contributed by atoms with Crippen molar-refractivity contribution >= 4 is 0 Å². The predicted molar refractivity (Wildman–Crippen MR) is 84.4 cm³/mol. The van der Waals surface area contributed by atoms with Crippen LogP contribution in [-0.4, -0.2) is 7.05 Å². The topological polar surface area (TPSA) is 21.3 Å². The number of hydrogen-bond acceptors (Lipinski definition) is 2. The number of benzene rings is 2. The monoisotopic (exact) mass is 269 g/mol. The SMILES string of the molecule is CCCc1ccc(Oc2ccc(C(C)NC)cc2)cc1. The van der Waals surface area contributed by atoms with Crippen molar-refractivity contribution in [2.75, 3.05) is 7.05 Å². The molecule has 2 nitrogen and oxygen atoms in total. The number of hydrogen-bond donors (Lipinski definition) is 1. The normalized spacial score (nSPS) is 12.2. The van der Waals surface area contributed by atoms with E-state index in [4.69, 9.17) is 4.74 Å². The molecule has 0 fully saturated rings. The molecule has 0 saturated carbocycles. The lowest BCUT2D eigenvalue weighted by atomic mass is 10.1. The highest BCUT2D eigenvalue weighted by molar-refractivity contribution is 5.35. The number of ether oxygens (including phenoxy) is 1. The molecular formula is C18H23NO. The fourth-order valence-corrected chi connectivity index (χ4v) is 2.14. The minimum absolute atomic E-state index is 0.359. The summed E-state index contributed by atoms with van der Waals surface area (Å²) in [6, 6.07) is 16.9. The third kappa shape index (κ3) is 3.84. The Hall–Kier alpha value is -1.80. The Kier molecular flexibility index (Phi) is 5.19. The van der Waals surface area contributed by atoms with Crippen molar-refractivity contribution in [2.24, 2.45) is 0 Å². The molecule has 106 valence electrons. The van der Waals surface area contributed by atoms with Crippen LogP contribution in [0.1, 0.15) is 37.4 Å². The Morgan fingerprint density at radius 3 is 2.00 bits per heavy atom. The van der Waals surface area contributed by atoms with Crippen LogP contribution >= 0.6 is 0 Å². The number of nitrogens with one attached hydrogen (secondary N) is 1. The smallest absolute Gasteiger partial charge is 0.127 e. The van der Waals surface area contributed by atoms with Crippen molar-refractivity contribution < 1.29 is 4.74 Å². The zero-order valence-electron chi connectivity index (χ0n) is 12.5. The summed E-state index contributed by atoms with van der Waals surface area (Å²) < 4.78 is 5.86. The third-order valence-electron chi connectivity index (χ3n) is 3.51. The van der Waals surface area contributed by atoms with Crippen LogP contribution < -0.4 is 10.1 Å². The van der Waals surface area contributed by atoms with Gasteiger partial charge in [0, 0.05) is 6.04 Å². The van der Waals surface area contributed by atoms with E-state index in [1.165, 1.54) is 17.5 Å². The van der Waals surface area contributed by atoms with Gasteiger partial charge in [-0.2, -0.15) is 0 Å². The Bertz CT molecular complexity index is 516. The summed E-state index contributed by atoms with van der Waals surface area (Å²) in [7, 11) is 1.97. The van der Waals surface area contributed by atoms with E-state index in [1.54, 1.807) is 0 Å². The summed E-state index contributed by atoms with van der Waals surface area (Å²) >= 11 is 0. The molecule has 1 N–H and O–H groups in total. The van der Waals surface area contributed by atoms with Crippen molar-refractivity contribution in [3.05, 3.63) is 59.7 Å². The maximum atomic E-state index is 5.86. The molecule has 0 heterocycles. The van der Waals surface area contributed by atoms with Gasteiger partial charge in [0.25, 0.3) is 0 Å². The fourth-order valence-electron chi connectivity index (χ4n) is 2.14. The summed E-state index contributed by atoms with van der Waals surface area (Å²) in [5.41, 5.74) is 2.62. The molecule has 0 amide bonds. The largest absolute Gasteiger partial charge is 0.457 e. The Morgan fingerprint density at radius 2 is 1.50 bits per heavy atom. The first-order valence-corrected chi connectivity index (χ1v) is 7.27. The highest BCUT2D eigenvalue weighted by atomic mass is 16.5. The van der Waals surface area contributed by atoms with Crippen LogP contribution in [0, 0.1) is 0 Å². The van der Waals surface area contributed by atoms with Gasteiger partial charge in [-0.3, -0.25) is 0 Å². The van der Waals surface area contributed by atoms with Crippen LogP contribution in [-0.2, 0) is 6.42 Å². The van der Waals surface area contributed by atoms with Crippen LogP contribution in [0.5, 0.6) is 11.5 Å². The molecule has 0 aliphatic carbocycles. The van der Waals surface area contributed by atoms with E-state index in [9.17, 15) is 0 Å². The summed E-state index contributed by atoms with van der Waals surface area (Å²) in [5, 5.41) is 3.23. The number of rotatable bonds is 6. The van der Waals surface area contributed by atoms with Gasteiger partial charge in [0.15, 0.2) is 0 Å². The van der Waals surface area contributed by atoms with Crippen LogP contribution in [0.25, 0.3) is 0 Å². The predicted octanol–water partition coefficient (Wildman–Crippen LogP) is 4.71. The van der Waals surface area contributed by atoms with E-state index in [-0.39, 0.29) is 0 Å². The molecule has 0 aliphatic rings. The minimum Gasteiger partial charge on any atom is -0.457 e. The highest BCUT2D eigenvalue weighted by Gasteiger charge is 2.03. The first-order chi connectivity index (χ1) is 9.72. The zero-order chi connectivity index (χ0) is 14.4. The molecule has 0 aliphatic heterocycles. The Morgan fingerprint density at radius 1 is 0.950 bits per heavy atom. The van der Waals surface area contributed by atoms with Gasteiger partial charge in [0.1, 0.15) is 11.5 Å². The molecule has 1 atom stereocenters. The highest BCUT2D eigenvalue weighted by Crippen LogP contribution is 2.23. The Balaban J connectivity index is 2.02. The lowest BCUT2D eigenvalue weighted by Gasteiger charge is -2.12. The second-order valence-corrected chi connectivity index (χ2v) is 5.08. The van der Waals surface area contributed by atoms with Gasteiger partial charge < -0.3 is 10.1 Å². The fraction of sp³-hybridized carbons (Fsp3) is 0.333. The van der Waals surface area contributed by atoms with Crippen molar-refractivity contribution in [1.82, 2.24) is 5.32 Å². The molecule has 2 heteroatoms. The maximum Gasteiger partial charge on any atom is 0.127 e. The molecule has 0 radical (unpaired) electrons. The molecule has 1 unspecified atom stereocenters. The van der Waals surface area contributed by atoms with Gasteiger partial charge in [-0.1, -0.05) is 37.6 Å². The van der Waals surface area contributed by atoms with E-state index >= 15 is 0 Å². The van der Waals surface area contributed by atoms with E-state index in [2.05, 4.69) is 43.4 Å². The first kappa shape index (κ1) is 14.6. The maximum absolute atomic E-state index is 5.86. The molecule has 20 heavy (non-hydrogen) atoms. The first-order valence-electron chi connectivity index (χ1n) is 7.27. The molecular weight excluding hydrogens is 246 g/mol. The van der Waals surface area contributed by atoms with Crippen molar-refractivity contribution in [3.63, 3.8) is 0 Å². The van der Waals surface area contributed by atoms with Crippen molar-refractivity contribution in [3.8, 4) is 11.5 Å². The summed E-state index contributed by atoms with van der Waals surface area (Å²) in [4.78, 5) is 0. The second-order valence-electron chi connectivity index (χ2n) is 5.08. The molecule has 2 aromatic rings. The average Bonchev–Trinajstić information content (AvgIpc) is 2.49. The standard InChI is InChI=1S/C18H23NO/c1-4-5-15-6-10-17(11-7-15)20-18-12-8-16(9-13-18)14(2)19-3/h6-14,19H,4-5H2,1-3H3. The lowest BCUT2D eigenvalue weighted by Crippen LogP contribution is -2.11. The molecule has 0 spiro atoms. The van der Waals surface area contributed by atoms with E-state index < -0.39 is 0 Å². The average molecular weight is 269 g/mol. The Labute approximate surface area is 121 Å². The van der Waals surface area contributed by atoms with Crippen LogP contribution in [0.2, 0.25) is 0 Å². The zero-order valence-corrected chi connectivity index (χ0v) is 12.5. The summed E-state index contributed by atoms with van der Waals surface area (Å²) in [6.45, 7) is 4.33. The molecule has 2 aromatic carbocycles. The van der Waals surface area contributed by atoms with Crippen molar-refractivity contribution in [1.29, 1.82) is 0 Å². The van der Waals surface area contributed by atoms with Gasteiger partial charge >= 0.3 is 0 Å². The summed E-state index contributed by atoms with van der Waals surface area (Å²) in [5.74, 6) is 1.76. The summed E-state index contributed by atoms with van der Waals surface area (Å²) in [6.07, 6.45) is 2.29. The quantitative estimate of drug-likeness (QED) is 0.820. The molecule has 0 aromatic heterocycles. The minimum atomic E-state index is 0.359. The van der Waals surface area contributed by atoms with Gasteiger partial charge in [-0.25, -0.2) is 0 Å². The van der Waals surface area contributed by atoms with Gasteiger partial charge in [0.2, 0.25) is 0 Å². The third-order valence-corrected chi connectivity index (χ3v) is 3.51. The number of aryl methyl sites for hydroxylation is 1. The van der Waals surface area contributed by atoms with E-state index in [0.29, 0.717) is 6.04 Å². The van der Waals surface area contributed by atoms with Crippen LogP contribution in [0.3, 0.4) is 0 Å². The second kappa shape index (κ2) is 7.11. The molecule has 0 bridgehead atoms. The lowest BCUT2D eigenvalue weighted by molar-refractivity contribution is 0.482. The van der Waals surface area contributed by atoms with Crippen molar-refractivity contribution in [2.45, 2.75) is 32.7 Å². The van der Waals surface area contributed by atoms with Gasteiger partial charge in [-0.15, -0.1) is 0 Å². The van der Waals surface area contributed by atoms with E-state index in [0.717, 1.165) is 17.9 Å². The van der Waals surface area contributed by atoms with Gasteiger partial charge in [-0.05, 0) is 55.8 Å². The van der Waals surface area contributed by atoms with Crippen LogP contribution in [0.15, 0.2) is 48.5 Å². The molecule has 2 rings (SSSR count).